The predicted octanol–water partition coefficient (Wildman–Crippen LogP) is 6.21. The van der Waals surface area contributed by atoms with Gasteiger partial charge in [0.2, 0.25) is 0 Å². The second kappa shape index (κ2) is 11.4. The molecule has 0 spiro atoms. The van der Waals surface area contributed by atoms with Gasteiger partial charge in [-0.1, -0.05) is 19.1 Å². The second-order valence-electron chi connectivity index (χ2n) is 8.61. The molecule has 0 aliphatic carbocycles. The topological polar surface area (TPSA) is 78.0 Å². The van der Waals surface area contributed by atoms with E-state index < -0.39 is 5.91 Å². The average molecular weight is 486 g/mol. The van der Waals surface area contributed by atoms with Gasteiger partial charge in [-0.25, -0.2) is 5.43 Å². The Bertz CT molecular complexity index is 1320. The number of furan rings is 1. The van der Waals surface area contributed by atoms with Gasteiger partial charge >= 0.3 is 5.91 Å². The van der Waals surface area contributed by atoms with E-state index >= 15 is 0 Å². The van der Waals surface area contributed by atoms with Crippen molar-refractivity contribution in [3.63, 3.8) is 0 Å². The maximum absolute atomic E-state index is 12.4. The quantitative estimate of drug-likeness (QED) is 0.214. The van der Waals surface area contributed by atoms with E-state index in [9.17, 15) is 4.79 Å². The molecule has 0 unspecified atom stereocenters. The molecule has 2 aromatic heterocycles. The summed E-state index contributed by atoms with van der Waals surface area (Å²) in [5.74, 6) is 1.74. The first kappa shape index (κ1) is 24.9. The first-order chi connectivity index (χ1) is 17.4. The summed E-state index contributed by atoms with van der Waals surface area (Å²) in [6, 6.07) is 22.9. The molecule has 36 heavy (non-hydrogen) atoms. The van der Waals surface area contributed by atoms with Crippen LogP contribution < -0.4 is 14.9 Å². The van der Waals surface area contributed by atoms with Crippen molar-refractivity contribution in [2.45, 2.75) is 46.8 Å². The molecule has 4 aromatic rings. The molecule has 0 radical (unpaired) electrons. The van der Waals surface area contributed by atoms with Gasteiger partial charge in [0.05, 0.1) is 12.3 Å². The maximum Gasteiger partial charge on any atom is 0.307 e. The number of hydrazone groups is 1. The molecular weight excluding hydrogens is 454 g/mol. The van der Waals surface area contributed by atoms with Gasteiger partial charge in [0.25, 0.3) is 0 Å². The van der Waals surface area contributed by atoms with Crippen LogP contribution >= 0.6 is 0 Å². The molecule has 0 aliphatic rings. The van der Waals surface area contributed by atoms with Crippen molar-refractivity contribution >= 4 is 12.1 Å². The van der Waals surface area contributed by atoms with Gasteiger partial charge in [0, 0.05) is 17.1 Å². The van der Waals surface area contributed by atoms with Crippen LogP contribution in [0.25, 0.3) is 5.69 Å². The smallest absolute Gasteiger partial charge is 0.307 e. The van der Waals surface area contributed by atoms with Crippen molar-refractivity contribution in [2.24, 2.45) is 5.10 Å². The molecule has 4 rings (SSSR count). The summed E-state index contributed by atoms with van der Waals surface area (Å²) in [7, 11) is 0. The van der Waals surface area contributed by atoms with Gasteiger partial charge in [-0.3, -0.25) is 4.79 Å². The number of aryl methyl sites for hydroxylation is 2. The fourth-order valence-corrected chi connectivity index (χ4v) is 3.70. The minimum atomic E-state index is -0.439. The van der Waals surface area contributed by atoms with Gasteiger partial charge in [0.15, 0.2) is 5.76 Å². The Morgan fingerprint density at radius 1 is 1.03 bits per heavy atom. The molecule has 1 N–H and O–H groups in total. The Morgan fingerprint density at radius 3 is 2.50 bits per heavy atom. The standard InChI is InChI=1S/C29H31N3O4/c1-5-22(4)35-26-8-6-7-23(17-26)18-30-31-29(33)28-16-15-27(36-28)19-34-25-13-11-24(12-14-25)32-20(2)9-10-21(32)3/h6-18,22H,5,19H2,1-4H3,(H,31,33)/b30-18+/t22-/m0/s1. The first-order valence-corrected chi connectivity index (χ1v) is 12.0. The number of amides is 1. The lowest BCUT2D eigenvalue weighted by Gasteiger charge is -2.12. The molecule has 0 bridgehead atoms. The van der Waals surface area contributed by atoms with Gasteiger partial charge < -0.3 is 18.5 Å². The molecule has 0 fully saturated rings. The molecule has 7 nitrogen and oxygen atoms in total. The van der Waals surface area contributed by atoms with Gasteiger partial charge in [-0.05, 0) is 93.4 Å². The highest BCUT2D eigenvalue weighted by atomic mass is 16.5. The summed E-state index contributed by atoms with van der Waals surface area (Å²) in [6.07, 6.45) is 2.62. The molecule has 7 heteroatoms. The Balaban J connectivity index is 1.29. The molecule has 1 amide bonds. The van der Waals surface area contributed by atoms with E-state index in [4.69, 9.17) is 13.9 Å². The third kappa shape index (κ3) is 6.24. The number of ether oxygens (including phenoxy) is 2. The van der Waals surface area contributed by atoms with Crippen molar-refractivity contribution in [1.29, 1.82) is 0 Å². The van der Waals surface area contributed by atoms with Gasteiger partial charge in [-0.15, -0.1) is 0 Å². The molecular formula is C29H31N3O4. The molecule has 1 atom stereocenters. The van der Waals surface area contributed by atoms with E-state index in [0.29, 0.717) is 11.5 Å². The van der Waals surface area contributed by atoms with Crippen LogP contribution in [0.5, 0.6) is 11.5 Å². The Morgan fingerprint density at radius 2 is 1.78 bits per heavy atom. The normalized spacial score (nSPS) is 12.0. The van der Waals surface area contributed by atoms with E-state index in [0.717, 1.165) is 23.4 Å². The Labute approximate surface area is 211 Å². The number of nitrogens with one attached hydrogen (secondary N) is 1. The molecule has 186 valence electrons. The number of rotatable bonds is 10. The van der Waals surface area contributed by atoms with Crippen molar-refractivity contribution in [1.82, 2.24) is 9.99 Å². The zero-order valence-corrected chi connectivity index (χ0v) is 21.0. The molecule has 2 aromatic carbocycles. The fourth-order valence-electron chi connectivity index (χ4n) is 3.70. The number of carbonyl (C=O) groups is 1. The maximum atomic E-state index is 12.4. The minimum absolute atomic E-state index is 0.131. The number of aromatic nitrogens is 1. The van der Waals surface area contributed by atoms with Crippen LogP contribution in [0.2, 0.25) is 0 Å². The highest BCUT2D eigenvalue weighted by Crippen LogP contribution is 2.21. The third-order valence-corrected chi connectivity index (χ3v) is 5.78. The zero-order valence-electron chi connectivity index (χ0n) is 21.0. The lowest BCUT2D eigenvalue weighted by molar-refractivity contribution is 0.0923. The fraction of sp³-hybridized carbons (Fsp3) is 0.241. The summed E-state index contributed by atoms with van der Waals surface area (Å²) < 4.78 is 19.4. The summed E-state index contributed by atoms with van der Waals surface area (Å²) in [4.78, 5) is 12.4. The van der Waals surface area contributed by atoms with E-state index in [1.165, 1.54) is 11.4 Å². The van der Waals surface area contributed by atoms with Crippen LogP contribution in [0.3, 0.4) is 0 Å². The van der Waals surface area contributed by atoms with Gasteiger partial charge in [0.1, 0.15) is 23.9 Å². The van der Waals surface area contributed by atoms with Crippen molar-refractivity contribution in [2.75, 3.05) is 0 Å². The third-order valence-electron chi connectivity index (χ3n) is 5.78. The van der Waals surface area contributed by atoms with Crippen LogP contribution in [0.15, 0.2) is 82.3 Å². The summed E-state index contributed by atoms with van der Waals surface area (Å²) in [5.41, 5.74) is 6.74. The number of benzene rings is 2. The molecule has 0 aliphatic heterocycles. The molecule has 0 saturated carbocycles. The first-order valence-electron chi connectivity index (χ1n) is 12.0. The lowest BCUT2D eigenvalue weighted by atomic mass is 10.2. The van der Waals surface area contributed by atoms with E-state index in [-0.39, 0.29) is 18.5 Å². The number of nitrogens with zero attached hydrogens (tertiary/aromatic N) is 2. The SMILES string of the molecule is CC[C@H](C)Oc1cccc(/C=N/NC(=O)c2ccc(COc3ccc(-n4c(C)ccc4C)cc3)o2)c1. The van der Waals surface area contributed by atoms with E-state index in [1.54, 1.807) is 18.3 Å². The zero-order chi connectivity index (χ0) is 25.5. The van der Waals surface area contributed by atoms with E-state index in [2.05, 4.69) is 48.0 Å². The second-order valence-corrected chi connectivity index (χ2v) is 8.61. The number of hydrogen-bond acceptors (Lipinski definition) is 5. The summed E-state index contributed by atoms with van der Waals surface area (Å²) in [5, 5.41) is 4.03. The monoisotopic (exact) mass is 485 g/mol. The van der Waals surface area contributed by atoms with Crippen LogP contribution in [0, 0.1) is 13.8 Å². The number of hydrogen-bond donors (Lipinski definition) is 1. The van der Waals surface area contributed by atoms with Crippen molar-refractivity contribution in [3.8, 4) is 17.2 Å². The van der Waals surface area contributed by atoms with Crippen LogP contribution in [-0.2, 0) is 6.61 Å². The highest BCUT2D eigenvalue weighted by Gasteiger charge is 2.11. The molecule has 0 saturated heterocycles. The van der Waals surface area contributed by atoms with Gasteiger partial charge in [-0.2, -0.15) is 5.10 Å². The highest BCUT2D eigenvalue weighted by molar-refractivity contribution is 5.92. The number of carbonyl (C=O) groups excluding carboxylic acids is 1. The van der Waals surface area contributed by atoms with Crippen molar-refractivity contribution in [3.05, 3.63) is 101 Å². The largest absolute Gasteiger partial charge is 0.491 e. The van der Waals surface area contributed by atoms with Crippen LogP contribution in [-0.4, -0.2) is 22.8 Å². The summed E-state index contributed by atoms with van der Waals surface area (Å²) in [6.45, 7) is 8.46. The Hall–Kier alpha value is -4.26. The Kier molecular flexibility index (Phi) is 7.90. The lowest BCUT2D eigenvalue weighted by Crippen LogP contribution is -2.16. The average Bonchev–Trinajstić information content (AvgIpc) is 3.49. The van der Waals surface area contributed by atoms with E-state index in [1.807, 2.05) is 55.5 Å². The van der Waals surface area contributed by atoms with Crippen LogP contribution in [0.1, 0.15) is 53.5 Å². The molecule has 2 heterocycles. The predicted molar refractivity (Wildman–Crippen MR) is 140 cm³/mol. The van der Waals surface area contributed by atoms with Crippen LogP contribution in [0.4, 0.5) is 0 Å². The summed E-state index contributed by atoms with van der Waals surface area (Å²) >= 11 is 0. The minimum Gasteiger partial charge on any atom is -0.491 e. The van der Waals surface area contributed by atoms with Crippen molar-refractivity contribution < 1.29 is 18.7 Å².